The first-order valence-electron chi connectivity index (χ1n) is 6.20. The van der Waals surface area contributed by atoms with Gasteiger partial charge in [0.2, 0.25) is 0 Å². The Kier molecular flexibility index (Phi) is 5.26. The normalized spacial score (nSPS) is 20.9. The van der Waals surface area contributed by atoms with Gasteiger partial charge in [0.05, 0.1) is 12.7 Å². The second-order valence-corrected chi connectivity index (χ2v) is 4.77. The van der Waals surface area contributed by atoms with E-state index in [0.717, 1.165) is 32.0 Å². The average molecular weight is 271 g/mol. The van der Waals surface area contributed by atoms with Gasteiger partial charge in [0, 0.05) is 31.2 Å². The van der Waals surface area contributed by atoms with Crippen LogP contribution in [0.5, 0.6) is 5.75 Å². The zero-order chi connectivity index (χ0) is 12.8. The molecule has 1 aromatic carbocycles. The monoisotopic (exact) mass is 270 g/mol. The topological polar surface area (TPSA) is 47.7 Å². The quantitative estimate of drug-likeness (QED) is 0.878. The van der Waals surface area contributed by atoms with Crippen molar-refractivity contribution in [1.29, 1.82) is 0 Å². The Morgan fingerprint density at radius 3 is 3.17 bits per heavy atom. The summed E-state index contributed by atoms with van der Waals surface area (Å²) in [4.78, 5) is 2.31. The second-order valence-electron chi connectivity index (χ2n) is 4.33. The lowest BCUT2D eigenvalue weighted by atomic mass is 10.3. The molecule has 0 aliphatic carbocycles. The van der Waals surface area contributed by atoms with Gasteiger partial charge in [-0.2, -0.15) is 0 Å². The van der Waals surface area contributed by atoms with E-state index in [2.05, 4.69) is 4.90 Å². The molecule has 0 aromatic heterocycles. The van der Waals surface area contributed by atoms with Crippen molar-refractivity contribution >= 4 is 11.6 Å². The van der Waals surface area contributed by atoms with Crippen molar-refractivity contribution in [2.45, 2.75) is 6.10 Å². The number of benzene rings is 1. The Labute approximate surface area is 113 Å². The van der Waals surface area contributed by atoms with Gasteiger partial charge in [-0.3, -0.25) is 4.90 Å². The lowest BCUT2D eigenvalue weighted by Gasteiger charge is -2.32. The molecule has 1 fully saturated rings. The third-order valence-corrected chi connectivity index (χ3v) is 3.19. The summed E-state index contributed by atoms with van der Waals surface area (Å²) in [7, 11) is 0. The summed E-state index contributed by atoms with van der Waals surface area (Å²) in [5, 5.41) is 0.696. The van der Waals surface area contributed by atoms with Gasteiger partial charge in [0.1, 0.15) is 12.4 Å². The zero-order valence-electron chi connectivity index (χ0n) is 10.3. The van der Waals surface area contributed by atoms with Crippen molar-refractivity contribution < 1.29 is 9.47 Å². The Morgan fingerprint density at radius 2 is 2.39 bits per heavy atom. The van der Waals surface area contributed by atoms with Crippen molar-refractivity contribution in [3.63, 3.8) is 0 Å². The molecule has 0 radical (unpaired) electrons. The lowest BCUT2D eigenvalue weighted by Crippen LogP contribution is -2.46. The van der Waals surface area contributed by atoms with Crippen LogP contribution in [0.1, 0.15) is 0 Å². The van der Waals surface area contributed by atoms with Crippen LogP contribution < -0.4 is 10.5 Å². The predicted molar refractivity (Wildman–Crippen MR) is 72.2 cm³/mol. The summed E-state index contributed by atoms with van der Waals surface area (Å²) in [6, 6.07) is 7.45. The van der Waals surface area contributed by atoms with Gasteiger partial charge in [0.15, 0.2) is 0 Å². The lowest BCUT2D eigenvalue weighted by molar-refractivity contribution is -0.0261. The molecular formula is C13H19ClN2O2. The van der Waals surface area contributed by atoms with Crippen LogP contribution in [0.25, 0.3) is 0 Å². The zero-order valence-corrected chi connectivity index (χ0v) is 11.1. The molecule has 1 aliphatic heterocycles. The first-order valence-corrected chi connectivity index (χ1v) is 6.58. The highest BCUT2D eigenvalue weighted by Gasteiger charge is 2.18. The second kappa shape index (κ2) is 6.95. The molecule has 4 nitrogen and oxygen atoms in total. The number of rotatable bonds is 5. The minimum atomic E-state index is 0.157. The summed E-state index contributed by atoms with van der Waals surface area (Å²) in [6.45, 7) is 4.68. The van der Waals surface area contributed by atoms with E-state index < -0.39 is 0 Å². The number of nitrogens with two attached hydrogens (primary N) is 1. The molecule has 1 saturated heterocycles. The maximum Gasteiger partial charge on any atom is 0.120 e. The molecule has 2 rings (SSSR count). The molecule has 1 unspecified atom stereocenters. The van der Waals surface area contributed by atoms with E-state index in [1.807, 2.05) is 24.3 Å². The van der Waals surface area contributed by atoms with Crippen LogP contribution in [-0.4, -0.2) is 50.4 Å². The fourth-order valence-electron chi connectivity index (χ4n) is 1.98. The molecule has 0 saturated carbocycles. The first kappa shape index (κ1) is 13.6. The third kappa shape index (κ3) is 4.14. The number of nitrogens with zero attached hydrogens (tertiary/aromatic N) is 1. The van der Waals surface area contributed by atoms with Crippen molar-refractivity contribution in [2.75, 3.05) is 39.4 Å². The van der Waals surface area contributed by atoms with Crippen LogP contribution in [0, 0.1) is 0 Å². The first-order chi connectivity index (χ1) is 8.78. The number of morpholine rings is 1. The third-order valence-electron chi connectivity index (χ3n) is 2.96. The fraction of sp³-hybridized carbons (Fsp3) is 0.538. The maximum absolute atomic E-state index is 5.89. The van der Waals surface area contributed by atoms with Crippen LogP contribution >= 0.6 is 11.6 Å². The molecular weight excluding hydrogens is 252 g/mol. The van der Waals surface area contributed by atoms with Gasteiger partial charge in [-0.05, 0) is 18.2 Å². The van der Waals surface area contributed by atoms with Crippen molar-refractivity contribution in [3.8, 4) is 5.75 Å². The maximum atomic E-state index is 5.89. The summed E-state index contributed by atoms with van der Waals surface area (Å²) in [5.41, 5.74) is 5.60. The fourth-order valence-corrected chi connectivity index (χ4v) is 2.16. The van der Waals surface area contributed by atoms with E-state index in [-0.39, 0.29) is 6.10 Å². The number of halogens is 1. The molecule has 1 aliphatic rings. The minimum absolute atomic E-state index is 0.157. The molecule has 100 valence electrons. The van der Waals surface area contributed by atoms with Gasteiger partial charge in [-0.1, -0.05) is 17.7 Å². The SMILES string of the molecule is NCC1CN(CCOc2cccc(Cl)c2)CCO1. The van der Waals surface area contributed by atoms with E-state index in [1.165, 1.54) is 0 Å². The standard InChI is InChI=1S/C13H19ClN2O2/c14-11-2-1-3-12(8-11)17-6-4-16-5-7-18-13(9-15)10-16/h1-3,8,13H,4-7,9-10,15H2. The summed E-state index contributed by atoms with van der Waals surface area (Å²) in [5.74, 6) is 0.811. The van der Waals surface area contributed by atoms with Gasteiger partial charge >= 0.3 is 0 Å². The molecule has 5 heteroatoms. The van der Waals surface area contributed by atoms with E-state index >= 15 is 0 Å². The van der Waals surface area contributed by atoms with E-state index in [9.17, 15) is 0 Å². The van der Waals surface area contributed by atoms with Gasteiger partial charge < -0.3 is 15.2 Å². The van der Waals surface area contributed by atoms with Gasteiger partial charge in [0.25, 0.3) is 0 Å². The average Bonchev–Trinajstić information content (AvgIpc) is 2.39. The molecule has 18 heavy (non-hydrogen) atoms. The van der Waals surface area contributed by atoms with E-state index in [4.69, 9.17) is 26.8 Å². The highest BCUT2D eigenvalue weighted by Crippen LogP contribution is 2.17. The minimum Gasteiger partial charge on any atom is -0.492 e. The number of hydrogen-bond acceptors (Lipinski definition) is 4. The highest BCUT2D eigenvalue weighted by atomic mass is 35.5. The van der Waals surface area contributed by atoms with Crippen LogP contribution in [0.4, 0.5) is 0 Å². The smallest absolute Gasteiger partial charge is 0.120 e. The molecule has 0 amide bonds. The summed E-state index contributed by atoms with van der Waals surface area (Å²) >= 11 is 5.89. The summed E-state index contributed by atoms with van der Waals surface area (Å²) < 4.78 is 11.2. The van der Waals surface area contributed by atoms with E-state index in [0.29, 0.717) is 18.2 Å². The Balaban J connectivity index is 1.72. The van der Waals surface area contributed by atoms with Gasteiger partial charge in [-0.15, -0.1) is 0 Å². The Bertz CT molecular complexity index is 376. The Hall–Kier alpha value is -0.810. The molecule has 1 aromatic rings. The largest absolute Gasteiger partial charge is 0.492 e. The molecule has 0 spiro atoms. The number of ether oxygens (including phenoxy) is 2. The van der Waals surface area contributed by atoms with Crippen LogP contribution in [0.15, 0.2) is 24.3 Å². The van der Waals surface area contributed by atoms with Crippen LogP contribution in [0.2, 0.25) is 5.02 Å². The molecule has 1 heterocycles. The van der Waals surface area contributed by atoms with Crippen molar-refractivity contribution in [3.05, 3.63) is 29.3 Å². The predicted octanol–water partition coefficient (Wildman–Crippen LogP) is 1.38. The van der Waals surface area contributed by atoms with Crippen LogP contribution in [0.3, 0.4) is 0 Å². The van der Waals surface area contributed by atoms with Gasteiger partial charge in [-0.25, -0.2) is 0 Å². The van der Waals surface area contributed by atoms with Crippen molar-refractivity contribution in [2.24, 2.45) is 5.73 Å². The van der Waals surface area contributed by atoms with Crippen LogP contribution in [-0.2, 0) is 4.74 Å². The number of hydrogen-bond donors (Lipinski definition) is 1. The highest BCUT2D eigenvalue weighted by molar-refractivity contribution is 6.30. The molecule has 1 atom stereocenters. The molecule has 2 N–H and O–H groups in total. The summed E-state index contributed by atoms with van der Waals surface area (Å²) in [6.07, 6.45) is 0.157. The molecule has 0 bridgehead atoms. The van der Waals surface area contributed by atoms with E-state index in [1.54, 1.807) is 0 Å². The van der Waals surface area contributed by atoms with Crippen molar-refractivity contribution in [1.82, 2.24) is 4.90 Å². The Morgan fingerprint density at radius 1 is 1.50 bits per heavy atom.